The third kappa shape index (κ3) is 4.43. The molecule has 1 heterocycles. The van der Waals surface area contributed by atoms with E-state index in [1.807, 2.05) is 6.92 Å². The van der Waals surface area contributed by atoms with Gasteiger partial charge in [0.2, 0.25) is 10.0 Å². The molecule has 7 nitrogen and oxygen atoms in total. The maximum atomic E-state index is 11.3. The molecule has 0 bridgehead atoms. The predicted octanol–water partition coefficient (Wildman–Crippen LogP) is -0.617. The molecule has 1 aliphatic heterocycles. The second-order valence-electron chi connectivity index (χ2n) is 4.77. The van der Waals surface area contributed by atoms with Gasteiger partial charge in [0, 0.05) is 31.6 Å². The zero-order valence-corrected chi connectivity index (χ0v) is 11.7. The molecule has 1 saturated heterocycles. The second-order valence-corrected chi connectivity index (χ2v) is 6.75. The van der Waals surface area contributed by atoms with Crippen molar-refractivity contribution in [1.82, 2.24) is 9.62 Å². The SMILES string of the molecule is CC(CNC1CCN(S(C)(=O)=O)CC1)C(N)=NO. The topological polar surface area (TPSA) is 108 Å². The standard InChI is InChI=1S/C10H22N4O3S/c1-8(10(11)13-15)7-12-9-3-5-14(6-4-9)18(2,16)17/h8-9,12,15H,3-7H2,1-2H3,(H2,11,13). The number of nitrogens with zero attached hydrogens (tertiary/aromatic N) is 2. The van der Waals surface area contributed by atoms with E-state index < -0.39 is 10.0 Å². The number of piperidine rings is 1. The summed E-state index contributed by atoms with van der Waals surface area (Å²) >= 11 is 0. The van der Waals surface area contributed by atoms with Crippen molar-refractivity contribution < 1.29 is 13.6 Å². The molecule has 1 rings (SSSR count). The van der Waals surface area contributed by atoms with Crippen molar-refractivity contribution in [1.29, 1.82) is 0 Å². The van der Waals surface area contributed by atoms with Gasteiger partial charge in [-0.25, -0.2) is 12.7 Å². The summed E-state index contributed by atoms with van der Waals surface area (Å²) in [5.74, 6) is 0.166. The Morgan fingerprint density at radius 1 is 1.56 bits per heavy atom. The summed E-state index contributed by atoms with van der Waals surface area (Å²) in [5, 5.41) is 14.8. The highest BCUT2D eigenvalue weighted by Gasteiger charge is 2.24. The molecule has 106 valence electrons. The first kappa shape index (κ1) is 15.2. The van der Waals surface area contributed by atoms with Crippen LogP contribution < -0.4 is 11.1 Å². The van der Waals surface area contributed by atoms with Crippen LogP contribution in [-0.2, 0) is 10.0 Å². The van der Waals surface area contributed by atoms with E-state index in [4.69, 9.17) is 10.9 Å². The van der Waals surface area contributed by atoms with Gasteiger partial charge in [0.05, 0.1) is 6.26 Å². The Balaban J connectivity index is 2.32. The molecular formula is C10H22N4O3S. The van der Waals surface area contributed by atoms with Crippen LogP contribution in [0.3, 0.4) is 0 Å². The van der Waals surface area contributed by atoms with Crippen molar-refractivity contribution >= 4 is 15.9 Å². The largest absolute Gasteiger partial charge is 0.409 e. The van der Waals surface area contributed by atoms with E-state index in [0.29, 0.717) is 19.6 Å². The van der Waals surface area contributed by atoms with E-state index >= 15 is 0 Å². The molecule has 0 radical (unpaired) electrons. The minimum Gasteiger partial charge on any atom is -0.409 e. The number of amidine groups is 1. The summed E-state index contributed by atoms with van der Waals surface area (Å²) in [7, 11) is -3.06. The minimum absolute atomic E-state index is 0.0389. The Hall–Kier alpha value is -0.860. The number of oxime groups is 1. The zero-order chi connectivity index (χ0) is 13.8. The molecule has 0 saturated carbocycles. The fourth-order valence-corrected chi connectivity index (χ4v) is 2.81. The van der Waals surface area contributed by atoms with Crippen LogP contribution in [-0.4, -0.2) is 55.7 Å². The number of rotatable bonds is 5. The molecule has 1 fully saturated rings. The molecule has 0 aromatic carbocycles. The maximum absolute atomic E-state index is 11.3. The highest BCUT2D eigenvalue weighted by Crippen LogP contribution is 2.13. The van der Waals surface area contributed by atoms with Gasteiger partial charge >= 0.3 is 0 Å². The van der Waals surface area contributed by atoms with Crippen molar-refractivity contribution in [3.63, 3.8) is 0 Å². The van der Waals surface area contributed by atoms with Crippen molar-refractivity contribution in [2.24, 2.45) is 16.8 Å². The van der Waals surface area contributed by atoms with Crippen LogP contribution >= 0.6 is 0 Å². The Kier molecular flexibility index (Phi) is 5.36. The summed E-state index contributed by atoms with van der Waals surface area (Å²) in [4.78, 5) is 0. The number of nitrogens with two attached hydrogens (primary N) is 1. The molecule has 0 amide bonds. The third-order valence-electron chi connectivity index (χ3n) is 3.26. The van der Waals surface area contributed by atoms with E-state index in [-0.39, 0.29) is 17.8 Å². The first-order valence-electron chi connectivity index (χ1n) is 6.00. The number of sulfonamides is 1. The van der Waals surface area contributed by atoms with Gasteiger partial charge in [0.15, 0.2) is 0 Å². The van der Waals surface area contributed by atoms with Gasteiger partial charge in [0.25, 0.3) is 0 Å². The van der Waals surface area contributed by atoms with Crippen LogP contribution in [0.15, 0.2) is 5.16 Å². The molecule has 0 spiro atoms. The lowest BCUT2D eigenvalue weighted by atomic mass is 10.1. The van der Waals surface area contributed by atoms with Crippen molar-refractivity contribution in [3.8, 4) is 0 Å². The van der Waals surface area contributed by atoms with Gasteiger partial charge in [-0.05, 0) is 12.8 Å². The molecule has 1 unspecified atom stereocenters. The fraction of sp³-hybridized carbons (Fsp3) is 0.900. The zero-order valence-electron chi connectivity index (χ0n) is 10.8. The molecular weight excluding hydrogens is 256 g/mol. The summed E-state index contributed by atoms with van der Waals surface area (Å²) < 4.78 is 24.2. The highest BCUT2D eigenvalue weighted by molar-refractivity contribution is 7.88. The van der Waals surface area contributed by atoms with Crippen LogP contribution in [0.25, 0.3) is 0 Å². The normalized spacial score (nSPS) is 22.0. The van der Waals surface area contributed by atoms with Crippen LogP contribution in [0.5, 0.6) is 0 Å². The summed E-state index contributed by atoms with van der Waals surface area (Å²) in [5.41, 5.74) is 5.48. The van der Waals surface area contributed by atoms with Crippen molar-refractivity contribution in [2.75, 3.05) is 25.9 Å². The molecule has 0 aromatic rings. The van der Waals surface area contributed by atoms with E-state index in [1.165, 1.54) is 10.6 Å². The van der Waals surface area contributed by atoms with Crippen LogP contribution in [0.1, 0.15) is 19.8 Å². The number of nitrogens with one attached hydrogen (secondary N) is 1. The summed E-state index contributed by atoms with van der Waals surface area (Å²) in [6, 6.07) is 0.289. The maximum Gasteiger partial charge on any atom is 0.211 e. The number of hydrogen-bond donors (Lipinski definition) is 3. The van der Waals surface area contributed by atoms with Crippen LogP contribution in [0, 0.1) is 5.92 Å². The monoisotopic (exact) mass is 278 g/mol. The van der Waals surface area contributed by atoms with Gasteiger partial charge in [-0.3, -0.25) is 0 Å². The molecule has 0 aromatic heterocycles. The van der Waals surface area contributed by atoms with E-state index in [9.17, 15) is 8.42 Å². The molecule has 0 aliphatic carbocycles. The second kappa shape index (κ2) is 6.35. The molecule has 18 heavy (non-hydrogen) atoms. The quantitative estimate of drug-likeness (QED) is 0.269. The molecule has 1 aliphatic rings. The van der Waals surface area contributed by atoms with Gasteiger partial charge in [-0.1, -0.05) is 12.1 Å². The lowest BCUT2D eigenvalue weighted by Crippen LogP contribution is -2.46. The minimum atomic E-state index is -3.06. The van der Waals surface area contributed by atoms with E-state index in [2.05, 4.69) is 10.5 Å². The van der Waals surface area contributed by atoms with Crippen LogP contribution in [0.2, 0.25) is 0 Å². The van der Waals surface area contributed by atoms with E-state index in [1.54, 1.807) is 0 Å². The lowest BCUT2D eigenvalue weighted by Gasteiger charge is -2.31. The van der Waals surface area contributed by atoms with E-state index in [0.717, 1.165) is 12.8 Å². The molecule has 4 N–H and O–H groups in total. The first-order valence-corrected chi connectivity index (χ1v) is 7.85. The lowest BCUT2D eigenvalue weighted by molar-refractivity contribution is 0.286. The Labute approximate surface area is 108 Å². The van der Waals surface area contributed by atoms with Gasteiger partial charge in [0.1, 0.15) is 5.84 Å². The van der Waals surface area contributed by atoms with Crippen molar-refractivity contribution in [2.45, 2.75) is 25.8 Å². The van der Waals surface area contributed by atoms with Gasteiger partial charge in [-0.15, -0.1) is 0 Å². The summed E-state index contributed by atoms with van der Waals surface area (Å²) in [6.45, 7) is 3.59. The number of hydrogen-bond acceptors (Lipinski definition) is 5. The predicted molar refractivity (Wildman–Crippen MR) is 70.0 cm³/mol. The molecule has 8 heteroatoms. The first-order chi connectivity index (χ1) is 8.34. The third-order valence-corrected chi connectivity index (χ3v) is 4.56. The Morgan fingerprint density at radius 2 is 2.11 bits per heavy atom. The fourth-order valence-electron chi connectivity index (χ4n) is 1.94. The molecule has 1 atom stereocenters. The summed E-state index contributed by atoms with van der Waals surface area (Å²) in [6.07, 6.45) is 2.81. The Morgan fingerprint density at radius 3 is 2.56 bits per heavy atom. The van der Waals surface area contributed by atoms with Crippen molar-refractivity contribution in [3.05, 3.63) is 0 Å². The van der Waals surface area contributed by atoms with Crippen LogP contribution in [0.4, 0.5) is 0 Å². The average molecular weight is 278 g/mol. The Bertz CT molecular complexity index is 388. The smallest absolute Gasteiger partial charge is 0.211 e. The van der Waals surface area contributed by atoms with Gasteiger partial charge in [-0.2, -0.15) is 0 Å². The highest BCUT2D eigenvalue weighted by atomic mass is 32.2. The van der Waals surface area contributed by atoms with Gasteiger partial charge < -0.3 is 16.3 Å². The average Bonchev–Trinajstić information content (AvgIpc) is 2.34.